The molecule has 1 fully saturated rings. The smallest absolute Gasteiger partial charge is 0.355 e. The molecule has 2 aliphatic rings. The SMILES string of the molecule is COc1ccc(COC(=O)C2=C(CSc3nc4ccc[n+](C)c4s3)CS[C@H]3C(NC(=O)/C(=N\OCC(=O)OC(c4ccccc4)c4ccccc4)c4csc(NC(c5ccccc5)(c5ccccc5)c5ccccc5)n4)C(=O)N23)cc1. The molecule has 2 aliphatic heterocycles. The molecule has 2 atom stereocenters. The van der Waals surface area contributed by atoms with Gasteiger partial charge in [0, 0.05) is 23.0 Å². The van der Waals surface area contributed by atoms with Crippen molar-refractivity contribution in [2.75, 3.05) is 30.5 Å². The summed E-state index contributed by atoms with van der Waals surface area (Å²) in [5.41, 5.74) is 5.52. The summed E-state index contributed by atoms with van der Waals surface area (Å²) in [6, 6.07) is 58.6. The Bertz CT molecular complexity index is 3620. The van der Waals surface area contributed by atoms with Crippen molar-refractivity contribution in [3.8, 4) is 5.75 Å². The van der Waals surface area contributed by atoms with E-state index in [4.69, 9.17) is 29.0 Å². The maximum atomic E-state index is 14.9. The number of pyridine rings is 1. The maximum absolute atomic E-state index is 14.9. The van der Waals surface area contributed by atoms with Crippen LogP contribution in [-0.2, 0) is 52.7 Å². The number of rotatable bonds is 21. The average Bonchev–Trinajstić information content (AvgIpc) is 4.22. The number of thioether (sulfide) groups is 2. The lowest BCUT2D eigenvalue weighted by molar-refractivity contribution is -0.642. The summed E-state index contributed by atoms with van der Waals surface area (Å²) < 4.78 is 20.1. The minimum atomic E-state index is -1.10. The largest absolute Gasteiger partial charge is 0.497 e. The van der Waals surface area contributed by atoms with Crippen LogP contribution in [-0.4, -0.2) is 81.0 Å². The zero-order chi connectivity index (χ0) is 55.7. The summed E-state index contributed by atoms with van der Waals surface area (Å²) in [7, 11) is 3.54. The first-order valence-electron chi connectivity index (χ1n) is 25.7. The second-order valence-corrected chi connectivity index (χ2v) is 22.9. The number of oxime groups is 1. The van der Waals surface area contributed by atoms with Crippen molar-refractivity contribution >= 4 is 91.1 Å². The topological polar surface area (TPSA) is 175 Å². The molecular formula is C62H52N7O8S4+. The van der Waals surface area contributed by atoms with Crippen molar-refractivity contribution in [2.45, 2.75) is 34.0 Å². The summed E-state index contributed by atoms with van der Waals surface area (Å²) >= 11 is 5.67. The minimum absolute atomic E-state index is 0.0543. The predicted octanol–water partition coefficient (Wildman–Crippen LogP) is 10.2. The van der Waals surface area contributed by atoms with Gasteiger partial charge in [-0.3, -0.25) is 14.5 Å². The van der Waals surface area contributed by atoms with Gasteiger partial charge in [0.2, 0.25) is 6.61 Å². The molecule has 0 radical (unpaired) electrons. The van der Waals surface area contributed by atoms with Crippen LogP contribution in [0.1, 0.15) is 45.2 Å². The van der Waals surface area contributed by atoms with Crippen molar-refractivity contribution < 1.29 is 42.8 Å². The highest BCUT2D eigenvalue weighted by Gasteiger charge is 2.55. The third-order valence-electron chi connectivity index (χ3n) is 13.6. The normalized spacial score (nSPS) is 15.2. The number of benzene rings is 6. The zero-order valence-electron chi connectivity index (χ0n) is 43.7. The van der Waals surface area contributed by atoms with Crippen LogP contribution in [0.5, 0.6) is 5.75 Å². The number of thiazole rings is 2. The Balaban J connectivity index is 0.887. The van der Waals surface area contributed by atoms with Crippen molar-refractivity contribution in [1.82, 2.24) is 20.2 Å². The number of aryl methyl sites for hydroxylation is 1. The van der Waals surface area contributed by atoms with E-state index in [2.05, 4.69) is 15.8 Å². The number of nitrogens with one attached hydrogen (secondary N) is 2. The number of ether oxygens (including phenoxy) is 3. The van der Waals surface area contributed by atoms with E-state index in [0.717, 1.165) is 48.1 Å². The first-order valence-corrected chi connectivity index (χ1v) is 29.5. The van der Waals surface area contributed by atoms with E-state index >= 15 is 0 Å². The van der Waals surface area contributed by atoms with Crippen LogP contribution < -0.4 is 19.9 Å². The Labute approximate surface area is 483 Å². The first kappa shape index (κ1) is 54.3. The second kappa shape index (κ2) is 24.8. The van der Waals surface area contributed by atoms with Crippen LogP contribution in [0.4, 0.5) is 5.13 Å². The highest BCUT2D eigenvalue weighted by molar-refractivity contribution is 8.02. The molecule has 1 saturated heterocycles. The van der Waals surface area contributed by atoms with E-state index in [0.29, 0.717) is 28.0 Å². The van der Waals surface area contributed by atoms with Crippen LogP contribution in [0.2, 0.25) is 0 Å². The second-order valence-electron chi connectivity index (χ2n) is 18.7. The molecular weight excluding hydrogens is 1100 g/mol. The monoisotopic (exact) mass is 1150 g/mol. The number of β-lactam (4-membered cyclic amide) rings is 1. The van der Waals surface area contributed by atoms with Gasteiger partial charge in [-0.1, -0.05) is 181 Å². The lowest BCUT2D eigenvalue weighted by Gasteiger charge is -2.49. The summed E-state index contributed by atoms with van der Waals surface area (Å²) in [5, 5.41) is 12.3. The number of esters is 2. The standard InChI is InChI=1S/C62H51N7O8S4/c1-68-34-18-29-48-57(68)81-61(64-48)80-38-43-37-78-58-52(56(72)69(58)53(43)59(73)75-35-40-30-32-47(74-2)33-31-40)65-55(71)51(67-76-36-50(70)77-54(41-19-8-3-9-20-41)42-21-10-4-11-22-42)49-39-79-60(63-49)66-62(44-23-12-5-13-24-44,45-25-14-6-15-26-45)46-27-16-7-17-28-46/h3-34,39,52,54,58H,35-38H2,1-2H3,(H-,63,65,66,71)/p+1/b67-51-/t52?,58-/m0/s1. The number of hydrogen-bond acceptors (Lipinski definition) is 16. The lowest BCUT2D eigenvalue weighted by Crippen LogP contribution is -2.71. The van der Waals surface area contributed by atoms with Gasteiger partial charge in [-0.05, 0) is 68.5 Å². The minimum Gasteiger partial charge on any atom is -0.497 e. The Morgan fingerprint density at radius 3 is 1.99 bits per heavy atom. The third kappa shape index (κ3) is 11.8. The summed E-state index contributed by atoms with van der Waals surface area (Å²) in [6.07, 6.45) is 1.21. The van der Waals surface area contributed by atoms with Crippen molar-refractivity contribution in [3.63, 3.8) is 0 Å². The van der Waals surface area contributed by atoms with Crippen molar-refractivity contribution in [3.05, 3.63) is 250 Å². The Morgan fingerprint density at radius 1 is 0.790 bits per heavy atom. The lowest BCUT2D eigenvalue weighted by atomic mass is 9.77. The van der Waals surface area contributed by atoms with Gasteiger partial charge in [-0.15, -0.1) is 23.1 Å². The molecule has 19 heteroatoms. The number of carbonyl (C=O) groups excluding carboxylic acids is 4. The fraction of sp³-hybridized carbons (Fsp3) is 0.161. The molecule has 5 heterocycles. The van der Waals surface area contributed by atoms with Crippen LogP contribution in [0.3, 0.4) is 0 Å². The molecule has 0 spiro atoms. The van der Waals surface area contributed by atoms with E-state index in [-0.39, 0.29) is 23.7 Å². The van der Waals surface area contributed by atoms with E-state index in [1.54, 1.807) is 48.1 Å². The number of anilines is 1. The summed E-state index contributed by atoms with van der Waals surface area (Å²) in [4.78, 5) is 75.4. The average molecular weight is 1150 g/mol. The van der Waals surface area contributed by atoms with Crippen LogP contribution in [0, 0.1) is 0 Å². The fourth-order valence-corrected chi connectivity index (χ4v) is 13.9. The van der Waals surface area contributed by atoms with Gasteiger partial charge in [-0.25, -0.2) is 19.6 Å². The predicted molar refractivity (Wildman–Crippen MR) is 315 cm³/mol. The summed E-state index contributed by atoms with van der Waals surface area (Å²) in [5.74, 6) is -1.39. The van der Waals surface area contributed by atoms with Crippen molar-refractivity contribution in [2.24, 2.45) is 12.2 Å². The molecule has 0 saturated carbocycles. The van der Waals surface area contributed by atoms with E-state index in [9.17, 15) is 19.2 Å². The molecule has 3 aromatic heterocycles. The van der Waals surface area contributed by atoms with Gasteiger partial charge >= 0.3 is 11.9 Å². The van der Waals surface area contributed by atoms with Crippen LogP contribution in [0.15, 0.2) is 220 Å². The van der Waals surface area contributed by atoms with E-state index in [1.807, 2.05) is 182 Å². The molecule has 406 valence electrons. The quantitative estimate of drug-likeness (QED) is 0.0132. The van der Waals surface area contributed by atoms with Crippen LogP contribution in [0.25, 0.3) is 10.3 Å². The fourth-order valence-electron chi connectivity index (χ4n) is 9.62. The van der Waals surface area contributed by atoms with Gasteiger partial charge in [-0.2, -0.15) is 4.57 Å². The van der Waals surface area contributed by atoms with E-state index < -0.39 is 53.4 Å². The Kier molecular flexibility index (Phi) is 16.6. The molecule has 11 rings (SSSR count). The molecule has 9 aromatic rings. The maximum Gasteiger partial charge on any atom is 0.355 e. The molecule has 2 N–H and O–H groups in total. The number of hydrogen-bond donors (Lipinski definition) is 2. The van der Waals surface area contributed by atoms with Gasteiger partial charge in [0.15, 0.2) is 27.5 Å². The van der Waals surface area contributed by atoms with Gasteiger partial charge < -0.3 is 29.7 Å². The third-order valence-corrected chi connectivity index (χ3v) is 18.1. The molecule has 0 bridgehead atoms. The number of aromatic nitrogens is 3. The number of amides is 2. The number of fused-ring (bicyclic) bond motifs is 2. The molecule has 6 aromatic carbocycles. The highest BCUT2D eigenvalue weighted by atomic mass is 32.2. The number of carbonyl (C=O) groups is 4. The molecule has 2 amide bonds. The molecule has 0 aliphatic carbocycles. The molecule has 1 unspecified atom stereocenters. The van der Waals surface area contributed by atoms with Gasteiger partial charge in [0.05, 0.1) is 7.11 Å². The Hall–Kier alpha value is -8.62. The highest BCUT2D eigenvalue weighted by Crippen LogP contribution is 2.44. The van der Waals surface area contributed by atoms with Gasteiger partial charge in [0.25, 0.3) is 16.6 Å². The number of methoxy groups -OCH3 is 1. The van der Waals surface area contributed by atoms with Gasteiger partial charge in [0.1, 0.15) is 53.3 Å². The molecule has 15 nitrogen and oxygen atoms in total. The van der Waals surface area contributed by atoms with E-state index in [1.165, 1.54) is 39.8 Å². The first-order chi connectivity index (χ1) is 39.7. The summed E-state index contributed by atoms with van der Waals surface area (Å²) in [6.45, 7) is -0.722. The Morgan fingerprint density at radius 2 is 1.40 bits per heavy atom. The zero-order valence-corrected chi connectivity index (χ0v) is 47.0. The number of nitrogens with zero attached hydrogens (tertiary/aromatic N) is 5. The van der Waals surface area contributed by atoms with Crippen molar-refractivity contribution in [1.29, 1.82) is 0 Å². The van der Waals surface area contributed by atoms with Crippen LogP contribution >= 0.6 is 46.2 Å². The molecule has 81 heavy (non-hydrogen) atoms.